The largest absolute Gasteiger partial charge is 0.352 e. The van der Waals surface area contributed by atoms with Gasteiger partial charge in [0.15, 0.2) is 0 Å². The number of hydrogen-bond donors (Lipinski definition) is 2. The third kappa shape index (κ3) is 4.27. The fourth-order valence-corrected chi connectivity index (χ4v) is 0.953. The lowest BCUT2D eigenvalue weighted by atomic mass is 9.99. The summed E-state index contributed by atoms with van der Waals surface area (Å²) < 4.78 is 0. The molecule has 78 valence electrons. The molecular formula is C10H22N2O. The van der Waals surface area contributed by atoms with Crippen molar-refractivity contribution in [2.75, 3.05) is 0 Å². The average molecular weight is 186 g/mol. The first-order valence-corrected chi connectivity index (χ1v) is 5.08. The first kappa shape index (κ1) is 12.4. The van der Waals surface area contributed by atoms with Crippen LogP contribution in [0.25, 0.3) is 0 Å². The number of nitrogens with two attached hydrogens (primary N) is 1. The van der Waals surface area contributed by atoms with E-state index in [4.69, 9.17) is 5.73 Å². The van der Waals surface area contributed by atoms with Gasteiger partial charge in [-0.3, -0.25) is 4.79 Å². The van der Waals surface area contributed by atoms with Crippen LogP contribution in [0.15, 0.2) is 0 Å². The van der Waals surface area contributed by atoms with Crippen LogP contribution >= 0.6 is 0 Å². The van der Waals surface area contributed by atoms with Gasteiger partial charge in [-0.15, -0.1) is 0 Å². The van der Waals surface area contributed by atoms with Gasteiger partial charge in [-0.05, 0) is 19.3 Å². The smallest absolute Gasteiger partial charge is 0.237 e. The predicted octanol–water partition coefficient (Wildman–Crippen LogP) is 1.27. The standard InChI is InChI=1S/C10H22N2O/c1-5-7(3)9(11)10(13)12-8(4)6-2/h7-9H,5-6,11H2,1-4H3,(H,12,13)/t7-,8-,9-/m0/s1. The average Bonchev–Trinajstić information content (AvgIpc) is 2.14. The normalized spacial score (nSPS) is 17.6. The first-order valence-electron chi connectivity index (χ1n) is 5.08. The van der Waals surface area contributed by atoms with Gasteiger partial charge in [0.2, 0.25) is 5.91 Å². The van der Waals surface area contributed by atoms with Crippen molar-refractivity contribution in [3.63, 3.8) is 0 Å². The van der Waals surface area contributed by atoms with E-state index in [0.29, 0.717) is 0 Å². The van der Waals surface area contributed by atoms with Crippen molar-refractivity contribution in [1.29, 1.82) is 0 Å². The van der Waals surface area contributed by atoms with Crippen LogP contribution in [0.4, 0.5) is 0 Å². The topological polar surface area (TPSA) is 55.1 Å². The maximum Gasteiger partial charge on any atom is 0.237 e. The van der Waals surface area contributed by atoms with E-state index in [0.717, 1.165) is 12.8 Å². The van der Waals surface area contributed by atoms with Gasteiger partial charge in [-0.1, -0.05) is 27.2 Å². The lowest BCUT2D eigenvalue weighted by Gasteiger charge is -2.20. The summed E-state index contributed by atoms with van der Waals surface area (Å²) in [5.74, 6) is 0.229. The second-order valence-corrected chi connectivity index (χ2v) is 3.73. The van der Waals surface area contributed by atoms with Crippen LogP contribution in [-0.2, 0) is 4.79 Å². The Kier molecular flexibility index (Phi) is 5.71. The predicted molar refractivity (Wildman–Crippen MR) is 55.3 cm³/mol. The van der Waals surface area contributed by atoms with Crippen LogP contribution in [0.1, 0.15) is 40.5 Å². The zero-order chi connectivity index (χ0) is 10.4. The molecule has 3 atom stereocenters. The highest BCUT2D eigenvalue weighted by atomic mass is 16.2. The van der Waals surface area contributed by atoms with Crippen LogP contribution < -0.4 is 11.1 Å². The van der Waals surface area contributed by atoms with E-state index in [-0.39, 0.29) is 23.9 Å². The maximum atomic E-state index is 11.5. The second kappa shape index (κ2) is 5.97. The molecule has 0 spiro atoms. The molecule has 0 saturated carbocycles. The fourth-order valence-electron chi connectivity index (χ4n) is 0.953. The molecule has 0 bridgehead atoms. The Labute approximate surface area is 81.1 Å². The number of hydrogen-bond acceptors (Lipinski definition) is 2. The molecular weight excluding hydrogens is 164 g/mol. The van der Waals surface area contributed by atoms with E-state index in [1.807, 2.05) is 27.7 Å². The highest BCUT2D eigenvalue weighted by Gasteiger charge is 2.19. The molecule has 0 fully saturated rings. The van der Waals surface area contributed by atoms with Gasteiger partial charge >= 0.3 is 0 Å². The summed E-state index contributed by atoms with van der Waals surface area (Å²) in [6, 6.07) is -0.137. The number of carbonyl (C=O) groups excluding carboxylic acids is 1. The van der Waals surface area contributed by atoms with E-state index in [2.05, 4.69) is 5.32 Å². The Morgan fingerprint density at radius 3 is 2.23 bits per heavy atom. The molecule has 0 rings (SSSR count). The minimum atomic E-state index is -0.362. The van der Waals surface area contributed by atoms with E-state index < -0.39 is 0 Å². The molecule has 1 amide bonds. The molecule has 0 aromatic rings. The van der Waals surface area contributed by atoms with Crippen LogP contribution in [0.5, 0.6) is 0 Å². The molecule has 0 aromatic heterocycles. The molecule has 0 aromatic carbocycles. The van der Waals surface area contributed by atoms with Crippen LogP contribution in [0.2, 0.25) is 0 Å². The highest BCUT2D eigenvalue weighted by molar-refractivity contribution is 5.81. The van der Waals surface area contributed by atoms with Crippen molar-refractivity contribution >= 4 is 5.91 Å². The Bertz CT molecular complexity index is 159. The Morgan fingerprint density at radius 1 is 1.31 bits per heavy atom. The summed E-state index contributed by atoms with van der Waals surface area (Å²) in [6.45, 7) is 8.07. The number of rotatable bonds is 5. The summed E-state index contributed by atoms with van der Waals surface area (Å²) >= 11 is 0. The van der Waals surface area contributed by atoms with Gasteiger partial charge in [0, 0.05) is 6.04 Å². The monoisotopic (exact) mass is 186 g/mol. The van der Waals surface area contributed by atoms with Crippen LogP contribution in [-0.4, -0.2) is 18.0 Å². The van der Waals surface area contributed by atoms with Crippen molar-refractivity contribution in [2.45, 2.75) is 52.6 Å². The van der Waals surface area contributed by atoms with E-state index in [9.17, 15) is 4.79 Å². The molecule has 13 heavy (non-hydrogen) atoms. The minimum absolute atomic E-state index is 0.0244. The zero-order valence-corrected chi connectivity index (χ0v) is 9.13. The number of carbonyl (C=O) groups is 1. The molecule has 3 N–H and O–H groups in total. The van der Waals surface area contributed by atoms with Gasteiger partial charge < -0.3 is 11.1 Å². The summed E-state index contributed by atoms with van der Waals surface area (Å²) in [7, 11) is 0. The van der Waals surface area contributed by atoms with E-state index >= 15 is 0 Å². The fraction of sp³-hybridized carbons (Fsp3) is 0.900. The molecule has 0 radical (unpaired) electrons. The molecule has 0 unspecified atom stereocenters. The number of nitrogens with one attached hydrogen (secondary N) is 1. The Balaban J connectivity index is 3.96. The van der Waals surface area contributed by atoms with E-state index in [1.165, 1.54) is 0 Å². The van der Waals surface area contributed by atoms with Crippen LogP contribution in [0, 0.1) is 5.92 Å². The Hall–Kier alpha value is -0.570. The summed E-state index contributed by atoms with van der Waals surface area (Å²) in [6.07, 6.45) is 1.88. The Morgan fingerprint density at radius 2 is 1.85 bits per heavy atom. The van der Waals surface area contributed by atoms with Crippen LogP contribution in [0.3, 0.4) is 0 Å². The van der Waals surface area contributed by atoms with Crippen molar-refractivity contribution in [2.24, 2.45) is 11.7 Å². The molecule has 3 heteroatoms. The van der Waals surface area contributed by atoms with Crippen molar-refractivity contribution in [3.8, 4) is 0 Å². The highest BCUT2D eigenvalue weighted by Crippen LogP contribution is 2.05. The quantitative estimate of drug-likeness (QED) is 0.679. The summed E-state index contributed by atoms with van der Waals surface area (Å²) in [5, 5.41) is 2.88. The summed E-state index contributed by atoms with van der Waals surface area (Å²) in [5.41, 5.74) is 5.76. The van der Waals surface area contributed by atoms with Gasteiger partial charge in [0.05, 0.1) is 6.04 Å². The zero-order valence-electron chi connectivity index (χ0n) is 9.13. The van der Waals surface area contributed by atoms with Gasteiger partial charge in [-0.25, -0.2) is 0 Å². The first-order chi connectivity index (χ1) is 6.02. The summed E-state index contributed by atoms with van der Waals surface area (Å²) in [4.78, 5) is 11.5. The van der Waals surface area contributed by atoms with Crippen molar-refractivity contribution < 1.29 is 4.79 Å². The van der Waals surface area contributed by atoms with Crippen molar-refractivity contribution in [1.82, 2.24) is 5.32 Å². The maximum absolute atomic E-state index is 11.5. The molecule has 0 aliphatic rings. The van der Waals surface area contributed by atoms with Crippen molar-refractivity contribution in [3.05, 3.63) is 0 Å². The minimum Gasteiger partial charge on any atom is -0.352 e. The second-order valence-electron chi connectivity index (χ2n) is 3.73. The number of amides is 1. The van der Waals surface area contributed by atoms with E-state index in [1.54, 1.807) is 0 Å². The van der Waals surface area contributed by atoms with Gasteiger partial charge in [-0.2, -0.15) is 0 Å². The third-order valence-electron chi connectivity index (χ3n) is 2.56. The third-order valence-corrected chi connectivity index (χ3v) is 2.56. The SMILES string of the molecule is CC[C@H](C)NC(=O)[C@@H](N)[C@@H](C)CC. The molecule has 0 aliphatic carbocycles. The van der Waals surface area contributed by atoms with Gasteiger partial charge in [0.1, 0.15) is 0 Å². The molecule has 0 heterocycles. The van der Waals surface area contributed by atoms with Gasteiger partial charge in [0.25, 0.3) is 0 Å². The molecule has 3 nitrogen and oxygen atoms in total. The lowest BCUT2D eigenvalue weighted by Crippen LogP contribution is -2.47. The molecule has 0 aliphatic heterocycles. The lowest BCUT2D eigenvalue weighted by molar-refractivity contribution is -0.124. The molecule has 0 saturated heterocycles.